The molecular weight excluding hydrogens is 210 g/mol. The van der Waals surface area contributed by atoms with E-state index in [0.29, 0.717) is 11.3 Å². The zero-order chi connectivity index (χ0) is 12.1. The molecule has 1 N–H and O–H groups in total. The Hall–Kier alpha value is -2.78. The lowest BCUT2D eigenvalue weighted by Crippen LogP contribution is -1.89. The van der Waals surface area contributed by atoms with Crippen molar-refractivity contribution in [2.24, 2.45) is 0 Å². The minimum Gasteiger partial charge on any atom is -0.356 e. The van der Waals surface area contributed by atoms with Gasteiger partial charge >= 0.3 is 0 Å². The number of nitrogens with one attached hydrogen (secondary N) is 1. The Bertz CT molecular complexity index is 528. The van der Waals surface area contributed by atoms with Gasteiger partial charge in [0.15, 0.2) is 5.69 Å². The molecule has 2 aromatic carbocycles. The molecule has 0 bridgehead atoms. The van der Waals surface area contributed by atoms with Gasteiger partial charge in [-0.05, 0) is 36.4 Å². The fourth-order valence-electron chi connectivity index (χ4n) is 1.41. The van der Waals surface area contributed by atoms with Crippen molar-refractivity contribution >= 4 is 17.1 Å². The highest BCUT2D eigenvalue weighted by atomic mass is 14.9. The average molecular weight is 219 g/mol. The van der Waals surface area contributed by atoms with Crippen LogP contribution in [0.2, 0.25) is 0 Å². The van der Waals surface area contributed by atoms with E-state index in [4.69, 9.17) is 11.8 Å². The van der Waals surface area contributed by atoms with Crippen molar-refractivity contribution in [3.63, 3.8) is 0 Å². The number of hydrogen-bond donors (Lipinski definition) is 1. The van der Waals surface area contributed by atoms with Crippen molar-refractivity contribution in [2.45, 2.75) is 0 Å². The molecule has 0 saturated carbocycles. The number of nitriles is 1. The predicted molar refractivity (Wildman–Crippen MR) is 67.1 cm³/mol. The molecule has 0 saturated heterocycles. The first-order chi connectivity index (χ1) is 8.31. The van der Waals surface area contributed by atoms with E-state index in [1.165, 1.54) is 0 Å². The van der Waals surface area contributed by atoms with Crippen LogP contribution < -0.4 is 5.32 Å². The standard InChI is InChI=1S/C14H9N3/c1-16-12-6-8-14(9-7-12)17-13-4-2-11(10-15)3-5-13/h2-9,17H. The molecule has 2 rings (SSSR count). The Morgan fingerprint density at radius 1 is 0.941 bits per heavy atom. The fourth-order valence-corrected chi connectivity index (χ4v) is 1.41. The van der Waals surface area contributed by atoms with Gasteiger partial charge in [-0.3, -0.25) is 0 Å². The largest absolute Gasteiger partial charge is 0.356 e. The zero-order valence-electron chi connectivity index (χ0n) is 9.01. The quantitative estimate of drug-likeness (QED) is 0.779. The van der Waals surface area contributed by atoms with Gasteiger partial charge in [0.25, 0.3) is 0 Å². The predicted octanol–water partition coefficient (Wildman–Crippen LogP) is 3.85. The first-order valence-electron chi connectivity index (χ1n) is 5.06. The van der Waals surface area contributed by atoms with E-state index in [1.807, 2.05) is 24.3 Å². The topological polar surface area (TPSA) is 40.2 Å². The molecule has 2 aromatic rings. The molecule has 3 heteroatoms. The molecule has 80 valence electrons. The number of anilines is 2. The summed E-state index contributed by atoms with van der Waals surface area (Å²) in [5.41, 5.74) is 3.09. The molecule has 0 fully saturated rings. The maximum absolute atomic E-state index is 8.68. The summed E-state index contributed by atoms with van der Waals surface area (Å²) >= 11 is 0. The number of hydrogen-bond acceptors (Lipinski definition) is 2. The summed E-state index contributed by atoms with van der Waals surface area (Å²) in [6.07, 6.45) is 0. The highest BCUT2D eigenvalue weighted by Crippen LogP contribution is 2.20. The molecule has 0 atom stereocenters. The maximum atomic E-state index is 8.68. The fraction of sp³-hybridized carbons (Fsp3) is 0. The summed E-state index contributed by atoms with van der Waals surface area (Å²) in [4.78, 5) is 3.33. The zero-order valence-corrected chi connectivity index (χ0v) is 9.01. The van der Waals surface area contributed by atoms with Crippen LogP contribution in [-0.4, -0.2) is 0 Å². The Morgan fingerprint density at radius 3 is 1.94 bits per heavy atom. The molecule has 0 radical (unpaired) electrons. The Balaban J connectivity index is 2.14. The summed E-state index contributed by atoms with van der Waals surface area (Å²) in [5, 5.41) is 11.9. The van der Waals surface area contributed by atoms with Gasteiger partial charge < -0.3 is 5.32 Å². The second-order valence-corrected chi connectivity index (χ2v) is 3.47. The third-order valence-electron chi connectivity index (χ3n) is 2.30. The second kappa shape index (κ2) is 4.83. The van der Waals surface area contributed by atoms with Crippen molar-refractivity contribution < 1.29 is 0 Å². The Kier molecular flexibility index (Phi) is 3.05. The van der Waals surface area contributed by atoms with Crippen LogP contribution in [0.3, 0.4) is 0 Å². The summed E-state index contributed by atoms with van der Waals surface area (Å²) in [7, 11) is 0. The van der Waals surface area contributed by atoms with Crippen LogP contribution in [0.15, 0.2) is 48.5 Å². The van der Waals surface area contributed by atoms with E-state index in [-0.39, 0.29) is 0 Å². The average Bonchev–Trinajstić information content (AvgIpc) is 2.40. The highest BCUT2D eigenvalue weighted by Gasteiger charge is 1.96. The summed E-state index contributed by atoms with van der Waals surface area (Å²) in [5.74, 6) is 0. The van der Waals surface area contributed by atoms with Gasteiger partial charge in [-0.25, -0.2) is 4.85 Å². The minimum absolute atomic E-state index is 0.621. The van der Waals surface area contributed by atoms with E-state index in [0.717, 1.165) is 11.4 Å². The van der Waals surface area contributed by atoms with Crippen LogP contribution in [0.5, 0.6) is 0 Å². The third-order valence-corrected chi connectivity index (χ3v) is 2.30. The summed E-state index contributed by atoms with van der Waals surface area (Å²) in [6.45, 7) is 6.85. The lowest BCUT2D eigenvalue weighted by molar-refractivity contribution is 1.47. The molecule has 0 amide bonds. The van der Waals surface area contributed by atoms with Gasteiger partial charge in [0, 0.05) is 11.4 Å². The molecule has 0 aliphatic rings. The summed E-state index contributed by atoms with van der Waals surface area (Å²) in [6, 6.07) is 16.5. The molecule has 0 unspecified atom stereocenters. The molecule has 0 heterocycles. The maximum Gasteiger partial charge on any atom is 0.187 e. The molecule has 3 nitrogen and oxygen atoms in total. The lowest BCUT2D eigenvalue weighted by Gasteiger charge is -2.06. The van der Waals surface area contributed by atoms with E-state index in [2.05, 4.69) is 16.2 Å². The first kappa shape index (κ1) is 10.7. The van der Waals surface area contributed by atoms with Crippen molar-refractivity contribution in [3.8, 4) is 6.07 Å². The smallest absolute Gasteiger partial charge is 0.187 e. The van der Waals surface area contributed by atoms with E-state index >= 15 is 0 Å². The van der Waals surface area contributed by atoms with Crippen molar-refractivity contribution in [1.29, 1.82) is 5.26 Å². The van der Waals surface area contributed by atoms with Gasteiger partial charge in [-0.2, -0.15) is 5.26 Å². The molecule has 0 aliphatic heterocycles. The number of rotatable bonds is 2. The molecular formula is C14H9N3. The van der Waals surface area contributed by atoms with Gasteiger partial charge in [0.2, 0.25) is 0 Å². The van der Waals surface area contributed by atoms with Gasteiger partial charge in [-0.15, -0.1) is 0 Å². The number of nitrogens with zero attached hydrogens (tertiary/aromatic N) is 2. The van der Waals surface area contributed by atoms with E-state index in [9.17, 15) is 0 Å². The van der Waals surface area contributed by atoms with Crippen molar-refractivity contribution in [1.82, 2.24) is 0 Å². The van der Waals surface area contributed by atoms with Crippen LogP contribution in [0.4, 0.5) is 17.1 Å². The Morgan fingerprint density at radius 2 is 1.47 bits per heavy atom. The first-order valence-corrected chi connectivity index (χ1v) is 5.06. The van der Waals surface area contributed by atoms with Crippen LogP contribution in [-0.2, 0) is 0 Å². The van der Waals surface area contributed by atoms with Crippen LogP contribution in [0.25, 0.3) is 4.85 Å². The SMILES string of the molecule is [C-]#[N+]c1ccc(Nc2ccc(C#N)cc2)cc1. The summed E-state index contributed by atoms with van der Waals surface area (Å²) < 4.78 is 0. The van der Waals surface area contributed by atoms with Crippen LogP contribution in [0.1, 0.15) is 5.56 Å². The highest BCUT2D eigenvalue weighted by molar-refractivity contribution is 5.63. The van der Waals surface area contributed by atoms with Gasteiger partial charge in [-0.1, -0.05) is 12.1 Å². The van der Waals surface area contributed by atoms with Crippen molar-refractivity contribution in [2.75, 3.05) is 5.32 Å². The third kappa shape index (κ3) is 2.62. The van der Waals surface area contributed by atoms with Gasteiger partial charge in [0.1, 0.15) is 0 Å². The molecule has 0 spiro atoms. The molecule has 17 heavy (non-hydrogen) atoms. The van der Waals surface area contributed by atoms with Gasteiger partial charge in [0.05, 0.1) is 18.2 Å². The Labute approximate surface area is 99.8 Å². The lowest BCUT2D eigenvalue weighted by atomic mass is 10.2. The molecule has 0 aromatic heterocycles. The number of benzene rings is 2. The van der Waals surface area contributed by atoms with Crippen LogP contribution in [0, 0.1) is 17.9 Å². The van der Waals surface area contributed by atoms with Crippen LogP contribution >= 0.6 is 0 Å². The van der Waals surface area contributed by atoms with E-state index < -0.39 is 0 Å². The second-order valence-electron chi connectivity index (χ2n) is 3.47. The van der Waals surface area contributed by atoms with E-state index in [1.54, 1.807) is 24.3 Å². The molecule has 0 aliphatic carbocycles. The minimum atomic E-state index is 0.621. The monoisotopic (exact) mass is 219 g/mol. The normalized spacial score (nSPS) is 9.06. The van der Waals surface area contributed by atoms with Crippen molar-refractivity contribution in [3.05, 3.63) is 65.5 Å².